The number of nitrogens with one attached hydrogen (secondary N) is 2. The molecule has 0 fully saturated rings. The molecule has 0 aliphatic carbocycles. The second kappa shape index (κ2) is 8.33. The number of nitroso groups, excluding NO2 is 1. The highest BCUT2D eigenvalue weighted by Crippen LogP contribution is 2.17. The number of carbonyl (C=O) groups excluding carboxylic acids is 1. The first kappa shape index (κ1) is 15.3. The number of nitrogens with zero attached hydrogens (tertiary/aromatic N) is 1. The molecule has 0 unspecified atom stereocenters. The number of benzene rings is 1. The van der Waals surface area contributed by atoms with E-state index in [1.165, 1.54) is 24.6 Å². The number of rotatable bonds is 4. The number of carbonyl (C=O) groups is 1. The van der Waals surface area contributed by atoms with Crippen LogP contribution in [0.3, 0.4) is 0 Å². The molecule has 7 heteroatoms. The molecule has 1 heterocycles. The van der Waals surface area contributed by atoms with E-state index in [-0.39, 0.29) is 11.3 Å². The minimum atomic E-state index is -0.451. The normalized spacial score (nSPS) is 9.70. The average Bonchev–Trinajstić information content (AvgIpc) is 3.02. The second-order valence-corrected chi connectivity index (χ2v) is 3.37. The molecule has 0 saturated carbocycles. The summed E-state index contributed by atoms with van der Waals surface area (Å²) in [5.74, 6) is 0.116. The summed E-state index contributed by atoms with van der Waals surface area (Å²) in [4.78, 5) is 22.2. The molecule has 0 atom stereocenters. The van der Waals surface area contributed by atoms with Gasteiger partial charge in [-0.05, 0) is 29.4 Å². The van der Waals surface area contributed by atoms with Crippen LogP contribution in [0, 0.1) is 4.91 Å². The Kier molecular flexibility index (Phi) is 6.35. The monoisotopic (exact) mass is 276 g/mol. The number of hydrazone groups is 1. The molecule has 20 heavy (non-hydrogen) atoms. The molecule has 0 radical (unpaired) electrons. The van der Waals surface area contributed by atoms with Crippen LogP contribution in [0.5, 0.6) is 0 Å². The molecule has 3 N–H and O–H groups in total. The summed E-state index contributed by atoms with van der Waals surface area (Å²) in [5.41, 5.74) is 2.70. The Morgan fingerprint density at radius 1 is 1.30 bits per heavy atom. The molecule has 104 valence electrons. The van der Waals surface area contributed by atoms with Crippen LogP contribution in [-0.4, -0.2) is 24.3 Å². The minimum Gasteiger partial charge on any atom is -0.459 e. The Balaban J connectivity index is 0.000000956. The van der Waals surface area contributed by atoms with Crippen LogP contribution >= 0.6 is 0 Å². The minimum absolute atomic E-state index is 0.0924. The first-order valence-electron chi connectivity index (χ1n) is 5.61. The maximum atomic E-state index is 11.7. The van der Waals surface area contributed by atoms with Crippen molar-refractivity contribution < 1.29 is 19.4 Å². The quantitative estimate of drug-likeness (QED) is 0.419. The first-order valence-corrected chi connectivity index (χ1v) is 5.61. The number of aliphatic hydroxyl groups excluding tert-OH is 1. The Morgan fingerprint density at radius 2 is 2.05 bits per heavy atom. The Bertz CT molecular complexity index is 579. The van der Waals surface area contributed by atoms with Crippen LogP contribution in [0.15, 0.2) is 52.3 Å². The van der Waals surface area contributed by atoms with Gasteiger partial charge < -0.3 is 9.52 Å². The largest absolute Gasteiger partial charge is 0.459 e. The van der Waals surface area contributed by atoms with Crippen LogP contribution in [-0.2, 0) is 0 Å². The molecular formula is C13H14N3O4+. The molecule has 0 bridgehead atoms. The van der Waals surface area contributed by atoms with Gasteiger partial charge >= 0.3 is 5.91 Å². The highest BCUT2D eigenvalue weighted by molar-refractivity contribution is 5.98. The van der Waals surface area contributed by atoms with Gasteiger partial charge in [-0.1, -0.05) is 12.1 Å². The number of hydrogen-bond donors (Lipinski definition) is 3. The fourth-order valence-electron chi connectivity index (χ4n) is 1.36. The van der Waals surface area contributed by atoms with E-state index < -0.39 is 5.91 Å². The van der Waals surface area contributed by atoms with E-state index in [4.69, 9.17) is 9.52 Å². The van der Waals surface area contributed by atoms with E-state index in [2.05, 4.69) is 15.7 Å². The summed E-state index contributed by atoms with van der Waals surface area (Å²) in [5, 5.41) is 12.4. The molecule has 1 amide bonds. The van der Waals surface area contributed by atoms with Crippen molar-refractivity contribution in [3.8, 4) is 0 Å². The maximum absolute atomic E-state index is 11.7. The van der Waals surface area contributed by atoms with Gasteiger partial charge in [0.15, 0.2) is 5.76 Å². The van der Waals surface area contributed by atoms with E-state index in [0.29, 0.717) is 5.76 Å². The van der Waals surface area contributed by atoms with Crippen molar-refractivity contribution in [3.05, 3.63) is 58.9 Å². The number of furan rings is 1. The predicted molar refractivity (Wildman–Crippen MR) is 72.3 cm³/mol. The van der Waals surface area contributed by atoms with E-state index in [1.807, 2.05) is 0 Å². The smallest absolute Gasteiger partial charge is 0.307 e. The first-order chi connectivity index (χ1) is 9.81. The van der Waals surface area contributed by atoms with Gasteiger partial charge in [0.05, 0.1) is 11.8 Å². The van der Waals surface area contributed by atoms with Crippen molar-refractivity contribution >= 4 is 17.8 Å². The van der Waals surface area contributed by atoms with Crippen molar-refractivity contribution in [2.45, 2.75) is 0 Å². The third kappa shape index (κ3) is 4.14. The Hall–Kier alpha value is -2.80. The summed E-state index contributed by atoms with van der Waals surface area (Å²) < 4.78 is 5.03. The molecule has 0 saturated heterocycles. The van der Waals surface area contributed by atoms with Gasteiger partial charge in [0.25, 0.3) is 0 Å². The van der Waals surface area contributed by atoms with Crippen LogP contribution in [0.4, 0.5) is 5.69 Å². The zero-order valence-electron chi connectivity index (χ0n) is 10.7. The van der Waals surface area contributed by atoms with Crippen molar-refractivity contribution in [3.63, 3.8) is 0 Å². The van der Waals surface area contributed by atoms with Crippen LogP contribution in [0.2, 0.25) is 0 Å². The summed E-state index contributed by atoms with van der Waals surface area (Å²) in [6, 6.07) is 9.72. The van der Waals surface area contributed by atoms with Crippen molar-refractivity contribution in [1.82, 2.24) is 5.43 Å². The summed E-state index contributed by atoms with van der Waals surface area (Å²) in [6.07, 6.45) is 3.00. The highest BCUT2D eigenvalue weighted by Gasteiger charge is 2.12. The molecule has 7 nitrogen and oxygen atoms in total. The molecule has 0 aliphatic rings. The van der Waals surface area contributed by atoms with Crippen molar-refractivity contribution in [2.75, 3.05) is 7.11 Å². The number of hydrogen-bond acceptors (Lipinski definition) is 5. The molecule has 1 aromatic heterocycles. The Labute approximate surface area is 114 Å². The standard InChI is InChI=1S/C12H9N3O3.CH4O/c16-12(10-5-1-2-6-11(10)15-17)14-13-8-9-4-3-7-18-9;1-2/h1-8H,(H,14,16);2H,1H3/p+1/b13-8+;. The third-order valence-electron chi connectivity index (χ3n) is 2.19. The van der Waals surface area contributed by atoms with Crippen molar-refractivity contribution in [2.24, 2.45) is 5.18 Å². The molecule has 0 spiro atoms. The van der Waals surface area contributed by atoms with Crippen LogP contribution < -0.4 is 10.5 Å². The predicted octanol–water partition coefficient (Wildman–Crippen LogP) is 0.130. The van der Waals surface area contributed by atoms with Crippen LogP contribution in [0.1, 0.15) is 16.1 Å². The lowest BCUT2D eigenvalue weighted by Crippen LogP contribution is -2.81. The van der Waals surface area contributed by atoms with E-state index in [9.17, 15) is 9.70 Å². The van der Waals surface area contributed by atoms with Gasteiger partial charge in [0.1, 0.15) is 5.69 Å². The lowest BCUT2D eigenvalue weighted by Gasteiger charge is -1.97. The van der Waals surface area contributed by atoms with E-state index >= 15 is 0 Å². The number of aliphatic hydroxyl groups is 1. The fourth-order valence-corrected chi connectivity index (χ4v) is 1.36. The molecule has 0 aliphatic heterocycles. The fraction of sp³-hybridized carbons (Fsp3) is 0.0769. The summed E-state index contributed by atoms with van der Waals surface area (Å²) in [6.45, 7) is 0. The Morgan fingerprint density at radius 3 is 2.70 bits per heavy atom. The molecular weight excluding hydrogens is 262 g/mol. The van der Waals surface area contributed by atoms with Gasteiger partial charge in [-0.2, -0.15) is 0 Å². The topological polar surface area (TPSA) is 106 Å². The number of hydrazine groups is 1. The van der Waals surface area contributed by atoms with Crippen molar-refractivity contribution in [1.29, 1.82) is 0 Å². The van der Waals surface area contributed by atoms with Gasteiger partial charge in [0, 0.05) is 7.11 Å². The molecule has 2 aromatic rings. The lowest BCUT2D eigenvalue weighted by atomic mass is 10.2. The van der Waals surface area contributed by atoms with Gasteiger partial charge in [-0.25, -0.2) is 0 Å². The number of amides is 1. The summed E-state index contributed by atoms with van der Waals surface area (Å²) >= 11 is 0. The van der Waals surface area contributed by atoms with E-state index in [0.717, 1.165) is 7.11 Å². The van der Waals surface area contributed by atoms with Crippen LogP contribution in [0.25, 0.3) is 0 Å². The second-order valence-electron chi connectivity index (χ2n) is 3.37. The van der Waals surface area contributed by atoms with Gasteiger partial charge in [-0.15, -0.1) is 15.4 Å². The van der Waals surface area contributed by atoms with E-state index in [1.54, 1.807) is 24.3 Å². The SMILES string of the molecule is CO.O=Nc1ccccc1C(=O)N/[NH+]=C/c1ccco1. The zero-order chi connectivity index (χ0) is 14.8. The molecule has 1 aromatic carbocycles. The molecule has 2 rings (SSSR count). The average molecular weight is 276 g/mol. The maximum Gasteiger partial charge on any atom is 0.307 e. The highest BCUT2D eigenvalue weighted by atomic mass is 16.3. The van der Waals surface area contributed by atoms with Gasteiger partial charge in [-0.3, -0.25) is 4.79 Å². The van der Waals surface area contributed by atoms with Gasteiger partial charge in [0.2, 0.25) is 6.21 Å². The summed E-state index contributed by atoms with van der Waals surface area (Å²) in [7, 11) is 1.00. The third-order valence-corrected chi connectivity index (χ3v) is 2.19. The zero-order valence-corrected chi connectivity index (χ0v) is 10.7. The lowest BCUT2D eigenvalue weighted by molar-refractivity contribution is -0.503.